The van der Waals surface area contributed by atoms with E-state index >= 15 is 0 Å². The lowest BCUT2D eigenvalue weighted by molar-refractivity contribution is -0.116. The Kier molecular flexibility index (Phi) is 14.1. The van der Waals surface area contributed by atoms with Crippen LogP contribution in [0.4, 0.5) is 0 Å². The molecule has 0 spiro atoms. The Hall–Kier alpha value is -1.19. The zero-order valence-corrected chi connectivity index (χ0v) is 20.4. The van der Waals surface area contributed by atoms with Gasteiger partial charge in [0.05, 0.1) is 12.2 Å². The van der Waals surface area contributed by atoms with E-state index in [2.05, 4.69) is 61.1 Å². The first-order chi connectivity index (χ1) is 13.7. The molecule has 0 aromatic carbocycles. The number of hydrogen-bond acceptors (Lipinski definition) is 3. The number of allylic oxidation sites excluding steroid dienone is 4. The average Bonchev–Trinajstić information content (AvgIpc) is 2.67. The molecule has 0 rings (SSSR count). The Bertz CT molecular complexity index is 522. The molecule has 8 atom stereocenters. The topological polar surface area (TPSA) is 35.5 Å². The maximum absolute atomic E-state index is 11.8. The van der Waals surface area contributed by atoms with E-state index < -0.39 is 0 Å². The summed E-state index contributed by atoms with van der Waals surface area (Å²) in [6.07, 6.45) is 11.5. The van der Waals surface area contributed by atoms with Crippen molar-refractivity contribution in [1.82, 2.24) is 0 Å². The summed E-state index contributed by atoms with van der Waals surface area (Å²) in [5.41, 5.74) is 1.35. The highest BCUT2D eigenvalue weighted by Crippen LogP contribution is 2.31. The van der Waals surface area contributed by atoms with Gasteiger partial charge >= 0.3 is 0 Å². The lowest BCUT2D eigenvalue weighted by atomic mass is 9.76. The molecule has 0 radical (unpaired) electrons. The molecule has 0 aliphatic rings. The summed E-state index contributed by atoms with van der Waals surface area (Å²) in [6, 6.07) is 0. The Labute approximate surface area is 180 Å². The summed E-state index contributed by atoms with van der Waals surface area (Å²) in [4.78, 5) is 11.8. The van der Waals surface area contributed by atoms with Gasteiger partial charge in [-0.15, -0.1) is 0 Å². The van der Waals surface area contributed by atoms with Crippen LogP contribution in [-0.2, 0) is 14.3 Å². The molecule has 3 heteroatoms. The van der Waals surface area contributed by atoms with Crippen LogP contribution in [0.3, 0.4) is 0 Å². The van der Waals surface area contributed by atoms with Crippen LogP contribution in [0.2, 0.25) is 0 Å². The minimum Gasteiger partial charge on any atom is -0.381 e. The molecule has 0 saturated heterocycles. The Balaban J connectivity index is 5.24. The number of carbonyl (C=O) groups excluding carboxylic acids is 1. The second kappa shape index (κ2) is 14.7. The van der Waals surface area contributed by atoms with Gasteiger partial charge in [-0.05, 0) is 37.0 Å². The van der Waals surface area contributed by atoms with Gasteiger partial charge in [-0.1, -0.05) is 84.4 Å². The average molecular weight is 407 g/mol. The fourth-order valence-electron chi connectivity index (χ4n) is 4.73. The smallest absolute Gasteiger partial charge is 0.124 e. The van der Waals surface area contributed by atoms with E-state index in [1.165, 1.54) is 5.57 Å². The van der Waals surface area contributed by atoms with Crippen molar-refractivity contribution in [2.24, 2.45) is 35.5 Å². The Morgan fingerprint density at radius 3 is 2.00 bits per heavy atom. The van der Waals surface area contributed by atoms with Gasteiger partial charge < -0.3 is 14.3 Å². The van der Waals surface area contributed by atoms with Crippen LogP contribution in [0.5, 0.6) is 0 Å². The molecule has 0 fully saturated rings. The van der Waals surface area contributed by atoms with Gasteiger partial charge in [-0.2, -0.15) is 0 Å². The van der Waals surface area contributed by atoms with Crippen molar-refractivity contribution >= 4 is 6.29 Å². The van der Waals surface area contributed by atoms with E-state index in [-0.39, 0.29) is 30.0 Å². The van der Waals surface area contributed by atoms with Gasteiger partial charge in [-0.25, -0.2) is 0 Å². The summed E-state index contributed by atoms with van der Waals surface area (Å²) < 4.78 is 11.6. The van der Waals surface area contributed by atoms with E-state index in [0.717, 1.165) is 19.1 Å². The monoisotopic (exact) mass is 406 g/mol. The van der Waals surface area contributed by atoms with Crippen molar-refractivity contribution in [3.8, 4) is 0 Å². The van der Waals surface area contributed by atoms with Crippen LogP contribution in [0.25, 0.3) is 0 Å². The molecule has 3 nitrogen and oxygen atoms in total. The number of carbonyl (C=O) groups is 1. The van der Waals surface area contributed by atoms with Crippen molar-refractivity contribution in [2.75, 3.05) is 14.2 Å². The summed E-state index contributed by atoms with van der Waals surface area (Å²) in [7, 11) is 3.57. The number of aldehydes is 1. The highest BCUT2D eigenvalue weighted by Gasteiger charge is 2.32. The third-order valence-electron chi connectivity index (χ3n) is 6.46. The van der Waals surface area contributed by atoms with Gasteiger partial charge in [0.1, 0.15) is 6.29 Å². The van der Waals surface area contributed by atoms with Gasteiger partial charge in [0.2, 0.25) is 0 Å². The van der Waals surface area contributed by atoms with Gasteiger partial charge in [0.15, 0.2) is 0 Å². The van der Waals surface area contributed by atoms with Crippen LogP contribution in [0.1, 0.15) is 61.3 Å². The number of ether oxygens (including phenoxy) is 2. The van der Waals surface area contributed by atoms with Crippen LogP contribution in [0, 0.1) is 35.5 Å². The molecule has 0 aliphatic heterocycles. The maximum atomic E-state index is 11.8. The molecule has 0 aromatic rings. The fraction of sp³-hybridized carbons (Fsp3) is 0.731. The van der Waals surface area contributed by atoms with Crippen molar-refractivity contribution in [3.63, 3.8) is 0 Å². The minimum atomic E-state index is -0.0786. The van der Waals surface area contributed by atoms with Gasteiger partial charge in [0, 0.05) is 26.1 Å². The molecular formula is C26H46O3. The first kappa shape index (κ1) is 27.8. The predicted molar refractivity (Wildman–Crippen MR) is 125 cm³/mol. The third-order valence-corrected chi connectivity index (χ3v) is 6.46. The Morgan fingerprint density at radius 2 is 1.55 bits per heavy atom. The second-order valence-electron chi connectivity index (χ2n) is 8.89. The largest absolute Gasteiger partial charge is 0.381 e. The molecule has 168 valence electrons. The third kappa shape index (κ3) is 9.00. The van der Waals surface area contributed by atoms with Crippen LogP contribution in [-0.4, -0.2) is 32.7 Å². The van der Waals surface area contributed by atoms with Crippen LogP contribution < -0.4 is 0 Å². The zero-order valence-electron chi connectivity index (χ0n) is 20.4. The molecule has 0 heterocycles. The second-order valence-corrected chi connectivity index (χ2v) is 8.89. The van der Waals surface area contributed by atoms with Crippen molar-refractivity contribution < 1.29 is 14.3 Å². The molecular weight excluding hydrogens is 360 g/mol. The minimum absolute atomic E-state index is 0.0243. The first-order valence-electron chi connectivity index (χ1n) is 11.2. The van der Waals surface area contributed by atoms with Crippen LogP contribution in [0.15, 0.2) is 36.5 Å². The van der Waals surface area contributed by atoms with E-state index in [0.29, 0.717) is 17.8 Å². The van der Waals surface area contributed by atoms with E-state index in [4.69, 9.17) is 9.47 Å². The molecule has 0 bridgehead atoms. The zero-order chi connectivity index (χ0) is 22.6. The van der Waals surface area contributed by atoms with E-state index in [9.17, 15) is 4.79 Å². The molecule has 0 aromatic heterocycles. The molecule has 0 amide bonds. The molecule has 0 aliphatic carbocycles. The van der Waals surface area contributed by atoms with Crippen molar-refractivity contribution in [1.29, 1.82) is 0 Å². The molecule has 0 saturated carbocycles. The lowest BCUT2D eigenvalue weighted by Crippen LogP contribution is -2.36. The number of hydrogen-bond donors (Lipinski definition) is 0. The molecule has 8 unspecified atom stereocenters. The predicted octanol–water partition coefficient (Wildman–Crippen LogP) is 6.50. The normalized spacial score (nSPS) is 21.1. The highest BCUT2D eigenvalue weighted by molar-refractivity contribution is 5.55. The number of rotatable bonds is 15. The maximum Gasteiger partial charge on any atom is 0.124 e. The SMILES string of the molecule is C=C/C=C/C(C)C(C=O)C(C)C(OC)C(C)C/C(C)=C/C(C)C(OC)C(C)CC. The molecule has 29 heavy (non-hydrogen) atoms. The fourth-order valence-corrected chi connectivity index (χ4v) is 4.73. The van der Waals surface area contributed by atoms with Crippen molar-refractivity contribution in [3.05, 3.63) is 36.5 Å². The van der Waals surface area contributed by atoms with Crippen LogP contribution >= 0.6 is 0 Å². The highest BCUT2D eigenvalue weighted by atomic mass is 16.5. The standard InChI is InChI=1S/C26H46O3/c1-11-13-14-20(5)24(17-27)23(8)26(29-10)22(7)16-18(3)15-21(6)25(28-9)19(4)12-2/h11,13-15,17,19-26H,1,12,16H2,2-10H3/b14-13+,18-15+. The van der Waals surface area contributed by atoms with Gasteiger partial charge in [0.25, 0.3) is 0 Å². The summed E-state index contributed by atoms with van der Waals surface area (Å²) >= 11 is 0. The summed E-state index contributed by atoms with van der Waals surface area (Å²) in [5.74, 6) is 1.43. The summed E-state index contributed by atoms with van der Waals surface area (Å²) in [5, 5.41) is 0. The van der Waals surface area contributed by atoms with Gasteiger partial charge in [-0.3, -0.25) is 0 Å². The van der Waals surface area contributed by atoms with E-state index in [1.807, 2.05) is 19.3 Å². The number of methoxy groups -OCH3 is 2. The quantitative estimate of drug-likeness (QED) is 0.177. The van der Waals surface area contributed by atoms with E-state index in [1.54, 1.807) is 13.2 Å². The van der Waals surface area contributed by atoms with Crippen molar-refractivity contribution in [2.45, 2.75) is 73.5 Å². The Morgan fingerprint density at radius 1 is 0.966 bits per heavy atom. The molecule has 0 N–H and O–H groups in total. The summed E-state index contributed by atoms with van der Waals surface area (Å²) in [6.45, 7) is 19.0. The lowest BCUT2D eigenvalue weighted by Gasteiger charge is -2.34. The first-order valence-corrected chi connectivity index (χ1v) is 11.2.